The molecule has 2 unspecified atom stereocenters. The lowest BCUT2D eigenvalue weighted by Crippen LogP contribution is -2.49. The lowest BCUT2D eigenvalue weighted by molar-refractivity contribution is -0.134. The zero-order valence-corrected chi connectivity index (χ0v) is 14.9. The van der Waals surface area contributed by atoms with E-state index in [2.05, 4.69) is 12.2 Å². The molecule has 2 heterocycles. The van der Waals surface area contributed by atoms with Crippen molar-refractivity contribution in [2.75, 3.05) is 19.7 Å². The molecule has 0 bridgehead atoms. The number of amides is 2. The van der Waals surface area contributed by atoms with Crippen LogP contribution in [0.25, 0.3) is 0 Å². The summed E-state index contributed by atoms with van der Waals surface area (Å²) in [5, 5.41) is 3.09. The van der Waals surface area contributed by atoms with Crippen LogP contribution in [0.5, 0.6) is 0 Å². The number of likely N-dealkylation sites (tertiary alicyclic amines) is 1. The summed E-state index contributed by atoms with van der Waals surface area (Å²) in [5.74, 6) is 0.148. The Morgan fingerprint density at radius 3 is 2.52 bits per heavy atom. The number of piperidine rings is 1. The third-order valence-corrected chi connectivity index (χ3v) is 5.28. The van der Waals surface area contributed by atoms with E-state index in [9.17, 15) is 9.59 Å². The summed E-state index contributed by atoms with van der Waals surface area (Å²) in [4.78, 5) is 27.0. The number of ether oxygens (including phenoxy) is 1. The highest BCUT2D eigenvalue weighted by atomic mass is 16.5. The average molecular weight is 344 g/mol. The molecule has 0 aromatic heterocycles. The molecule has 2 saturated heterocycles. The van der Waals surface area contributed by atoms with Gasteiger partial charge in [-0.1, -0.05) is 37.3 Å². The second kappa shape index (κ2) is 8.48. The molecule has 0 saturated carbocycles. The minimum absolute atomic E-state index is 0.0120. The summed E-state index contributed by atoms with van der Waals surface area (Å²) in [6.07, 6.45) is 3.94. The van der Waals surface area contributed by atoms with Crippen LogP contribution in [0, 0.1) is 0 Å². The molecule has 2 aliphatic heterocycles. The van der Waals surface area contributed by atoms with Crippen molar-refractivity contribution in [1.29, 1.82) is 0 Å². The van der Waals surface area contributed by atoms with Crippen molar-refractivity contribution in [3.8, 4) is 0 Å². The van der Waals surface area contributed by atoms with E-state index < -0.39 is 0 Å². The number of carbonyl (C=O) groups excluding carboxylic acids is 2. The van der Waals surface area contributed by atoms with Gasteiger partial charge in [0.15, 0.2) is 0 Å². The second-order valence-electron chi connectivity index (χ2n) is 6.98. The van der Waals surface area contributed by atoms with E-state index in [0.29, 0.717) is 19.7 Å². The standard InChI is InChI=1S/C20H28N2O3/c1-2-17(15-7-4-3-5-8-15)20(24)22-12-10-16(11-13-22)21-19(23)18-9-6-14-25-18/h3-5,7-8,16-18H,2,6,9-14H2,1H3,(H,21,23). The van der Waals surface area contributed by atoms with Gasteiger partial charge in [0.25, 0.3) is 0 Å². The van der Waals surface area contributed by atoms with Gasteiger partial charge in [0.1, 0.15) is 6.10 Å². The molecule has 136 valence electrons. The van der Waals surface area contributed by atoms with Crippen LogP contribution >= 0.6 is 0 Å². The maximum atomic E-state index is 12.9. The normalized spacial score (nSPS) is 22.6. The lowest BCUT2D eigenvalue weighted by Gasteiger charge is -2.34. The first-order chi connectivity index (χ1) is 12.2. The SMILES string of the molecule is CCC(C(=O)N1CCC(NC(=O)C2CCCO2)CC1)c1ccccc1. The fourth-order valence-corrected chi connectivity index (χ4v) is 3.78. The van der Waals surface area contributed by atoms with E-state index in [-0.39, 0.29) is 29.9 Å². The molecule has 1 aromatic carbocycles. The van der Waals surface area contributed by atoms with E-state index in [4.69, 9.17) is 4.74 Å². The Morgan fingerprint density at radius 2 is 1.92 bits per heavy atom. The number of benzene rings is 1. The summed E-state index contributed by atoms with van der Waals surface area (Å²) in [6, 6.07) is 10.2. The van der Waals surface area contributed by atoms with E-state index in [1.807, 2.05) is 35.2 Å². The number of nitrogens with one attached hydrogen (secondary N) is 1. The van der Waals surface area contributed by atoms with Crippen LogP contribution in [0.3, 0.4) is 0 Å². The molecule has 5 heteroatoms. The van der Waals surface area contributed by atoms with Crippen molar-refractivity contribution < 1.29 is 14.3 Å². The van der Waals surface area contributed by atoms with Crippen molar-refractivity contribution in [1.82, 2.24) is 10.2 Å². The van der Waals surface area contributed by atoms with E-state index in [1.54, 1.807) is 0 Å². The molecule has 2 aliphatic rings. The number of hydrogen-bond donors (Lipinski definition) is 1. The predicted octanol–water partition coefficient (Wildman–Crippen LogP) is 2.47. The maximum absolute atomic E-state index is 12.9. The molecule has 2 fully saturated rings. The topological polar surface area (TPSA) is 58.6 Å². The highest BCUT2D eigenvalue weighted by molar-refractivity contribution is 5.84. The van der Waals surface area contributed by atoms with E-state index in [1.165, 1.54) is 0 Å². The Hall–Kier alpha value is -1.88. The number of nitrogens with zero attached hydrogens (tertiary/aromatic N) is 1. The zero-order valence-electron chi connectivity index (χ0n) is 14.9. The minimum atomic E-state index is -0.276. The van der Waals surface area contributed by atoms with Crippen LogP contribution < -0.4 is 5.32 Å². The Morgan fingerprint density at radius 1 is 1.20 bits per heavy atom. The van der Waals surface area contributed by atoms with Crippen LogP contribution in [0.4, 0.5) is 0 Å². The van der Waals surface area contributed by atoms with Crippen LogP contribution in [-0.2, 0) is 14.3 Å². The zero-order chi connectivity index (χ0) is 17.6. The van der Waals surface area contributed by atoms with Gasteiger partial charge in [0, 0.05) is 25.7 Å². The smallest absolute Gasteiger partial charge is 0.249 e. The van der Waals surface area contributed by atoms with Crippen molar-refractivity contribution >= 4 is 11.8 Å². The van der Waals surface area contributed by atoms with Gasteiger partial charge >= 0.3 is 0 Å². The van der Waals surface area contributed by atoms with E-state index in [0.717, 1.165) is 37.7 Å². The lowest BCUT2D eigenvalue weighted by atomic mass is 9.93. The summed E-state index contributed by atoms with van der Waals surface area (Å²) in [5.41, 5.74) is 1.09. The van der Waals surface area contributed by atoms with Gasteiger partial charge in [-0.25, -0.2) is 0 Å². The molecule has 25 heavy (non-hydrogen) atoms. The largest absolute Gasteiger partial charge is 0.368 e. The summed E-state index contributed by atoms with van der Waals surface area (Å²) < 4.78 is 5.43. The summed E-state index contributed by atoms with van der Waals surface area (Å²) >= 11 is 0. The van der Waals surface area contributed by atoms with Crippen molar-refractivity contribution in [2.24, 2.45) is 0 Å². The predicted molar refractivity (Wildman–Crippen MR) is 96.2 cm³/mol. The molecule has 5 nitrogen and oxygen atoms in total. The molecule has 0 radical (unpaired) electrons. The Bertz CT molecular complexity index is 576. The molecule has 1 aromatic rings. The highest BCUT2D eigenvalue weighted by Gasteiger charge is 2.30. The minimum Gasteiger partial charge on any atom is -0.368 e. The Labute approximate surface area is 149 Å². The molecular formula is C20H28N2O3. The van der Waals surface area contributed by atoms with E-state index >= 15 is 0 Å². The first kappa shape index (κ1) is 17.9. The quantitative estimate of drug-likeness (QED) is 0.893. The molecule has 2 amide bonds. The molecule has 2 atom stereocenters. The van der Waals surface area contributed by atoms with Gasteiger partial charge in [-0.3, -0.25) is 9.59 Å². The number of hydrogen-bond acceptors (Lipinski definition) is 3. The Kier molecular flexibility index (Phi) is 6.08. The summed E-state index contributed by atoms with van der Waals surface area (Å²) in [7, 11) is 0. The van der Waals surface area contributed by atoms with Gasteiger partial charge < -0.3 is 15.0 Å². The number of carbonyl (C=O) groups is 2. The van der Waals surface area contributed by atoms with Gasteiger partial charge in [0.05, 0.1) is 5.92 Å². The highest BCUT2D eigenvalue weighted by Crippen LogP contribution is 2.24. The number of rotatable bonds is 5. The van der Waals surface area contributed by atoms with Crippen LogP contribution in [0.2, 0.25) is 0 Å². The van der Waals surface area contributed by atoms with Gasteiger partial charge in [-0.05, 0) is 37.7 Å². The third-order valence-electron chi connectivity index (χ3n) is 5.28. The molecule has 0 aliphatic carbocycles. The van der Waals surface area contributed by atoms with Crippen LogP contribution in [-0.4, -0.2) is 48.6 Å². The van der Waals surface area contributed by atoms with Crippen molar-refractivity contribution in [3.05, 3.63) is 35.9 Å². The second-order valence-corrected chi connectivity index (χ2v) is 6.98. The van der Waals surface area contributed by atoms with Gasteiger partial charge in [-0.15, -0.1) is 0 Å². The first-order valence-electron chi connectivity index (χ1n) is 9.44. The van der Waals surface area contributed by atoms with Gasteiger partial charge in [-0.2, -0.15) is 0 Å². The molecule has 1 N–H and O–H groups in total. The first-order valence-corrected chi connectivity index (χ1v) is 9.44. The Balaban J connectivity index is 1.51. The average Bonchev–Trinajstić information content (AvgIpc) is 3.19. The molecular weight excluding hydrogens is 316 g/mol. The fraction of sp³-hybridized carbons (Fsp3) is 0.600. The third kappa shape index (κ3) is 4.40. The van der Waals surface area contributed by atoms with Crippen LogP contribution in [0.15, 0.2) is 30.3 Å². The fourth-order valence-electron chi connectivity index (χ4n) is 3.78. The summed E-state index contributed by atoms with van der Waals surface area (Å²) in [6.45, 7) is 4.16. The van der Waals surface area contributed by atoms with Crippen molar-refractivity contribution in [3.63, 3.8) is 0 Å². The van der Waals surface area contributed by atoms with Gasteiger partial charge in [0.2, 0.25) is 11.8 Å². The molecule has 0 spiro atoms. The van der Waals surface area contributed by atoms with Crippen LogP contribution in [0.1, 0.15) is 50.5 Å². The molecule has 3 rings (SSSR count). The van der Waals surface area contributed by atoms with Crippen molar-refractivity contribution in [2.45, 2.75) is 57.1 Å². The monoisotopic (exact) mass is 344 g/mol. The maximum Gasteiger partial charge on any atom is 0.249 e.